The summed E-state index contributed by atoms with van der Waals surface area (Å²) >= 11 is 7.38. The second-order valence-electron chi connectivity index (χ2n) is 3.72. The third kappa shape index (κ3) is 3.81. The zero-order valence-electron chi connectivity index (χ0n) is 9.60. The van der Waals surface area contributed by atoms with E-state index in [4.69, 9.17) is 11.6 Å². The summed E-state index contributed by atoms with van der Waals surface area (Å²) in [6.45, 7) is 0.816. The number of benzene rings is 1. The maximum Gasteiger partial charge on any atom is 0.208 e. The lowest BCUT2D eigenvalue weighted by Crippen LogP contribution is -2.27. The Morgan fingerprint density at radius 2 is 2.17 bits per heavy atom. The normalized spacial score (nSPS) is 11.9. The first kappa shape index (κ1) is 13.5. The molecule has 0 aliphatic rings. The number of halogens is 1. The van der Waals surface area contributed by atoms with E-state index in [0.717, 1.165) is 21.6 Å². The molecule has 0 amide bonds. The van der Waals surface area contributed by atoms with Gasteiger partial charge in [-0.15, -0.1) is 0 Å². The number of hydrogen-bond acceptors (Lipinski definition) is 5. The Hall–Kier alpha value is -0.890. The van der Waals surface area contributed by atoms with Gasteiger partial charge in [0.2, 0.25) is 10.0 Å². The Kier molecular flexibility index (Phi) is 4.06. The van der Waals surface area contributed by atoms with Crippen molar-refractivity contribution in [2.45, 2.75) is 0 Å². The maximum absolute atomic E-state index is 10.9. The van der Waals surface area contributed by atoms with Crippen LogP contribution in [0.4, 0.5) is 5.13 Å². The van der Waals surface area contributed by atoms with Gasteiger partial charge in [-0.25, -0.2) is 18.1 Å². The molecule has 0 saturated carbocycles. The lowest BCUT2D eigenvalue weighted by atomic mass is 10.3. The summed E-state index contributed by atoms with van der Waals surface area (Å²) in [4.78, 5) is 4.35. The smallest absolute Gasteiger partial charge is 0.208 e. The highest BCUT2D eigenvalue weighted by Gasteiger charge is 2.04. The number of sulfonamides is 1. The number of nitrogens with one attached hydrogen (secondary N) is 2. The summed E-state index contributed by atoms with van der Waals surface area (Å²) in [5.74, 6) is 0. The summed E-state index contributed by atoms with van der Waals surface area (Å²) in [6, 6.07) is 5.53. The third-order valence-corrected chi connectivity index (χ3v) is 4.07. The van der Waals surface area contributed by atoms with E-state index in [0.29, 0.717) is 18.1 Å². The number of fused-ring (bicyclic) bond motifs is 1. The van der Waals surface area contributed by atoms with Gasteiger partial charge in [-0.2, -0.15) is 0 Å². The van der Waals surface area contributed by atoms with Gasteiger partial charge in [0.15, 0.2) is 5.13 Å². The molecule has 0 atom stereocenters. The van der Waals surface area contributed by atoms with Gasteiger partial charge in [0.25, 0.3) is 0 Å². The minimum absolute atomic E-state index is 0.329. The number of nitrogens with zero attached hydrogens (tertiary/aromatic N) is 1. The molecule has 2 aromatic rings. The van der Waals surface area contributed by atoms with Crippen LogP contribution in [0.1, 0.15) is 0 Å². The fourth-order valence-electron chi connectivity index (χ4n) is 1.38. The standard InChI is InChI=1S/C10H12ClN3O2S2/c1-18(15,16)13-5-4-12-10-14-8-6-7(11)2-3-9(8)17-10/h2-3,6,13H,4-5H2,1H3,(H,12,14). The van der Waals surface area contributed by atoms with E-state index in [2.05, 4.69) is 15.0 Å². The molecule has 0 aliphatic heterocycles. The summed E-state index contributed by atoms with van der Waals surface area (Å²) < 4.78 is 25.1. The predicted octanol–water partition coefficient (Wildman–Crippen LogP) is 1.91. The predicted molar refractivity (Wildman–Crippen MR) is 76.0 cm³/mol. The van der Waals surface area contributed by atoms with Crippen molar-refractivity contribution in [3.05, 3.63) is 23.2 Å². The Morgan fingerprint density at radius 1 is 1.39 bits per heavy atom. The third-order valence-electron chi connectivity index (χ3n) is 2.12. The van der Waals surface area contributed by atoms with E-state index in [-0.39, 0.29) is 0 Å². The largest absolute Gasteiger partial charge is 0.360 e. The first-order valence-electron chi connectivity index (χ1n) is 5.19. The van der Waals surface area contributed by atoms with Crippen molar-refractivity contribution < 1.29 is 8.42 Å². The van der Waals surface area contributed by atoms with E-state index < -0.39 is 10.0 Å². The van der Waals surface area contributed by atoms with Crippen molar-refractivity contribution in [2.75, 3.05) is 24.7 Å². The fourth-order valence-corrected chi connectivity index (χ4v) is 2.89. The molecule has 0 unspecified atom stereocenters. The lowest BCUT2D eigenvalue weighted by Gasteiger charge is -2.02. The highest BCUT2D eigenvalue weighted by molar-refractivity contribution is 7.88. The van der Waals surface area contributed by atoms with Crippen LogP contribution in [0.5, 0.6) is 0 Å². The van der Waals surface area contributed by atoms with Crippen LogP contribution in [0.15, 0.2) is 18.2 Å². The summed E-state index contributed by atoms with van der Waals surface area (Å²) in [6.07, 6.45) is 1.13. The van der Waals surface area contributed by atoms with Gasteiger partial charge in [0.1, 0.15) is 0 Å². The minimum atomic E-state index is -3.13. The molecule has 18 heavy (non-hydrogen) atoms. The van der Waals surface area contributed by atoms with Gasteiger partial charge in [-0.05, 0) is 18.2 Å². The Bertz CT molecular complexity index is 654. The summed E-state index contributed by atoms with van der Waals surface area (Å²) in [5, 5.41) is 4.47. The molecule has 2 rings (SSSR count). The second-order valence-corrected chi connectivity index (χ2v) is 7.02. The molecule has 0 spiro atoms. The average Bonchev–Trinajstić information content (AvgIpc) is 2.65. The molecule has 5 nitrogen and oxygen atoms in total. The minimum Gasteiger partial charge on any atom is -0.360 e. The van der Waals surface area contributed by atoms with Crippen LogP contribution < -0.4 is 10.0 Å². The number of rotatable bonds is 5. The van der Waals surface area contributed by atoms with Gasteiger partial charge in [0.05, 0.1) is 16.5 Å². The number of hydrogen-bond donors (Lipinski definition) is 2. The van der Waals surface area contributed by atoms with Crippen molar-refractivity contribution in [2.24, 2.45) is 0 Å². The van der Waals surface area contributed by atoms with E-state index in [1.807, 2.05) is 12.1 Å². The van der Waals surface area contributed by atoms with Crippen molar-refractivity contribution in [1.82, 2.24) is 9.71 Å². The van der Waals surface area contributed by atoms with Crippen LogP contribution >= 0.6 is 22.9 Å². The first-order valence-corrected chi connectivity index (χ1v) is 8.27. The molecule has 2 N–H and O–H groups in total. The molecular weight excluding hydrogens is 294 g/mol. The van der Waals surface area contributed by atoms with Crippen molar-refractivity contribution in [1.29, 1.82) is 0 Å². The zero-order valence-corrected chi connectivity index (χ0v) is 12.0. The van der Waals surface area contributed by atoms with Crippen molar-refractivity contribution >= 4 is 48.3 Å². The molecule has 0 bridgehead atoms. The monoisotopic (exact) mass is 305 g/mol. The van der Waals surface area contributed by atoms with E-state index in [1.54, 1.807) is 6.07 Å². The van der Waals surface area contributed by atoms with Crippen LogP contribution in [0, 0.1) is 0 Å². The quantitative estimate of drug-likeness (QED) is 0.828. The van der Waals surface area contributed by atoms with Gasteiger partial charge in [0, 0.05) is 18.1 Å². The van der Waals surface area contributed by atoms with Crippen LogP contribution in [-0.2, 0) is 10.0 Å². The number of anilines is 1. The Labute approximate surface area is 114 Å². The topological polar surface area (TPSA) is 71.1 Å². The SMILES string of the molecule is CS(=O)(=O)NCCNc1nc2cc(Cl)ccc2s1. The fraction of sp³-hybridized carbons (Fsp3) is 0.300. The van der Waals surface area contributed by atoms with Crippen molar-refractivity contribution in [3.8, 4) is 0 Å². The number of aromatic nitrogens is 1. The maximum atomic E-state index is 10.9. The molecule has 8 heteroatoms. The molecular formula is C10H12ClN3O2S2. The van der Waals surface area contributed by atoms with E-state index >= 15 is 0 Å². The Morgan fingerprint density at radius 3 is 2.89 bits per heavy atom. The summed E-state index contributed by atoms with van der Waals surface area (Å²) in [5.41, 5.74) is 0.839. The highest BCUT2D eigenvalue weighted by atomic mass is 35.5. The Balaban J connectivity index is 1.96. The van der Waals surface area contributed by atoms with Gasteiger partial charge in [-0.1, -0.05) is 22.9 Å². The van der Waals surface area contributed by atoms with E-state index in [9.17, 15) is 8.42 Å². The van der Waals surface area contributed by atoms with Crippen LogP contribution in [0.25, 0.3) is 10.2 Å². The molecule has 98 valence electrons. The molecule has 1 heterocycles. The zero-order chi connectivity index (χ0) is 13.2. The molecule has 0 fully saturated rings. The van der Waals surface area contributed by atoms with Crippen LogP contribution in [0.3, 0.4) is 0 Å². The van der Waals surface area contributed by atoms with Gasteiger partial charge in [-0.3, -0.25) is 0 Å². The van der Waals surface area contributed by atoms with Crippen LogP contribution in [0.2, 0.25) is 5.02 Å². The molecule has 1 aromatic heterocycles. The molecule has 0 radical (unpaired) electrons. The lowest BCUT2D eigenvalue weighted by molar-refractivity contribution is 0.589. The summed E-state index contributed by atoms with van der Waals surface area (Å²) in [7, 11) is -3.13. The van der Waals surface area contributed by atoms with E-state index in [1.165, 1.54) is 11.3 Å². The highest BCUT2D eigenvalue weighted by Crippen LogP contribution is 2.27. The molecule has 0 aliphatic carbocycles. The first-order chi connectivity index (χ1) is 8.44. The molecule has 0 saturated heterocycles. The molecule has 1 aromatic carbocycles. The van der Waals surface area contributed by atoms with Gasteiger partial charge < -0.3 is 5.32 Å². The van der Waals surface area contributed by atoms with Crippen LogP contribution in [-0.4, -0.2) is 32.7 Å². The van der Waals surface area contributed by atoms with Gasteiger partial charge >= 0.3 is 0 Å². The number of thiazole rings is 1. The second kappa shape index (κ2) is 5.40. The van der Waals surface area contributed by atoms with Crippen molar-refractivity contribution in [3.63, 3.8) is 0 Å². The average molecular weight is 306 g/mol.